The summed E-state index contributed by atoms with van der Waals surface area (Å²) in [6.45, 7) is 4.27. The number of carbonyl (C=O) groups excluding carboxylic acids is 1. The molecule has 1 saturated heterocycles. The molecule has 0 aliphatic carbocycles. The first-order valence-corrected chi connectivity index (χ1v) is 9.67. The van der Waals surface area contributed by atoms with Crippen LogP contribution in [0.15, 0.2) is 42.5 Å². The fourth-order valence-electron chi connectivity index (χ4n) is 3.40. The van der Waals surface area contributed by atoms with Crippen LogP contribution in [0.25, 0.3) is 6.08 Å². The fraction of sp³-hybridized carbons (Fsp3) is 0.348. The Morgan fingerprint density at radius 1 is 0.966 bits per heavy atom. The normalized spacial score (nSPS) is 14.7. The van der Waals surface area contributed by atoms with Crippen molar-refractivity contribution in [1.29, 1.82) is 0 Å². The summed E-state index contributed by atoms with van der Waals surface area (Å²) < 4.78 is 21.5. The van der Waals surface area contributed by atoms with Gasteiger partial charge in [-0.25, -0.2) is 0 Å². The Morgan fingerprint density at radius 3 is 2.34 bits per heavy atom. The molecule has 3 rings (SSSR count). The summed E-state index contributed by atoms with van der Waals surface area (Å²) in [5.74, 6) is 2.04. The molecule has 29 heavy (non-hydrogen) atoms. The average Bonchev–Trinajstić information content (AvgIpc) is 2.77. The van der Waals surface area contributed by atoms with Crippen molar-refractivity contribution >= 4 is 11.9 Å². The molecule has 2 aromatic carbocycles. The lowest BCUT2D eigenvalue weighted by molar-refractivity contribution is -0.921. The second-order valence-corrected chi connectivity index (χ2v) is 6.88. The number of hydrogen-bond acceptors (Lipinski definition) is 5. The molecule has 0 atom stereocenters. The van der Waals surface area contributed by atoms with Gasteiger partial charge in [0.05, 0.1) is 34.5 Å². The van der Waals surface area contributed by atoms with Crippen molar-refractivity contribution in [2.24, 2.45) is 0 Å². The number of methoxy groups -OCH3 is 3. The summed E-state index contributed by atoms with van der Waals surface area (Å²) in [6, 6.07) is 11.1. The van der Waals surface area contributed by atoms with Crippen molar-refractivity contribution in [3.63, 3.8) is 0 Å². The van der Waals surface area contributed by atoms with Crippen LogP contribution in [0.3, 0.4) is 0 Å². The van der Waals surface area contributed by atoms with Gasteiger partial charge in [-0.05, 0) is 42.0 Å². The molecule has 2 aromatic rings. The van der Waals surface area contributed by atoms with E-state index in [1.165, 1.54) is 4.90 Å². The predicted molar refractivity (Wildman–Crippen MR) is 111 cm³/mol. The standard InChI is InChI=1S/C23H27NO5/c1-26-21-9-6-18(15-19(21)16-24-10-12-29-13-11-24)20(25)7-4-17-5-8-22(27-2)23(14-17)28-3/h4-9,14-15H,10-13,16H2,1-3H3/p+1/b7-4+. The first-order valence-electron chi connectivity index (χ1n) is 9.67. The molecule has 0 spiro atoms. The summed E-state index contributed by atoms with van der Waals surface area (Å²) in [4.78, 5) is 14.2. The highest BCUT2D eigenvalue weighted by molar-refractivity contribution is 6.07. The summed E-state index contributed by atoms with van der Waals surface area (Å²) >= 11 is 0. The molecule has 6 heteroatoms. The zero-order chi connectivity index (χ0) is 20.6. The number of morpholine rings is 1. The lowest BCUT2D eigenvalue weighted by Gasteiger charge is -2.24. The van der Waals surface area contributed by atoms with Crippen molar-refractivity contribution in [3.05, 3.63) is 59.2 Å². The van der Waals surface area contributed by atoms with Crippen LogP contribution in [0.1, 0.15) is 21.5 Å². The highest BCUT2D eigenvalue weighted by Gasteiger charge is 2.18. The molecule has 154 valence electrons. The molecule has 1 aliphatic rings. The van der Waals surface area contributed by atoms with Crippen molar-refractivity contribution in [1.82, 2.24) is 0 Å². The minimum atomic E-state index is -0.0549. The Hall–Kier alpha value is -2.83. The van der Waals surface area contributed by atoms with E-state index in [1.807, 2.05) is 30.3 Å². The van der Waals surface area contributed by atoms with Crippen LogP contribution in [-0.4, -0.2) is 53.4 Å². The van der Waals surface area contributed by atoms with Crippen LogP contribution in [-0.2, 0) is 11.3 Å². The zero-order valence-electron chi connectivity index (χ0n) is 17.2. The van der Waals surface area contributed by atoms with Crippen molar-refractivity contribution in [2.75, 3.05) is 47.6 Å². The quantitative estimate of drug-likeness (QED) is 0.545. The number of ether oxygens (including phenoxy) is 4. The molecular formula is C23H28NO5+. The van der Waals surface area contributed by atoms with Gasteiger partial charge in [-0.15, -0.1) is 0 Å². The van der Waals surface area contributed by atoms with Crippen molar-refractivity contribution in [3.8, 4) is 17.2 Å². The second kappa shape index (κ2) is 10.1. The maximum absolute atomic E-state index is 12.7. The Morgan fingerprint density at radius 2 is 1.66 bits per heavy atom. The van der Waals surface area contributed by atoms with Crippen LogP contribution in [0, 0.1) is 0 Å². The predicted octanol–water partition coefficient (Wildman–Crippen LogP) is 2.02. The molecule has 1 fully saturated rings. The SMILES string of the molecule is COc1ccc(C(=O)/C=C/c2ccc(OC)c(OC)c2)cc1C[NH+]1CCOCC1. The number of nitrogens with one attached hydrogen (secondary N) is 1. The average molecular weight is 398 g/mol. The van der Waals surface area contributed by atoms with E-state index in [2.05, 4.69) is 0 Å². The van der Waals surface area contributed by atoms with Gasteiger partial charge in [-0.2, -0.15) is 0 Å². The van der Waals surface area contributed by atoms with Gasteiger partial charge in [0.15, 0.2) is 17.3 Å². The van der Waals surface area contributed by atoms with E-state index in [0.717, 1.165) is 49.7 Å². The number of rotatable bonds is 8. The van der Waals surface area contributed by atoms with Crippen LogP contribution >= 0.6 is 0 Å². The molecule has 6 nitrogen and oxygen atoms in total. The van der Waals surface area contributed by atoms with Gasteiger partial charge < -0.3 is 23.8 Å². The van der Waals surface area contributed by atoms with Gasteiger partial charge >= 0.3 is 0 Å². The highest BCUT2D eigenvalue weighted by atomic mass is 16.5. The van der Waals surface area contributed by atoms with Gasteiger partial charge in [-0.1, -0.05) is 12.1 Å². The highest BCUT2D eigenvalue weighted by Crippen LogP contribution is 2.28. The maximum atomic E-state index is 12.7. The minimum Gasteiger partial charge on any atom is -0.496 e. The van der Waals surface area contributed by atoms with E-state index < -0.39 is 0 Å². The Bertz CT molecular complexity index is 872. The number of allylic oxidation sites excluding steroid dienone is 1. The fourth-order valence-corrected chi connectivity index (χ4v) is 3.40. The molecule has 0 bridgehead atoms. The first-order chi connectivity index (χ1) is 14.1. The van der Waals surface area contributed by atoms with Crippen molar-refractivity contribution in [2.45, 2.75) is 6.54 Å². The smallest absolute Gasteiger partial charge is 0.185 e. The van der Waals surface area contributed by atoms with E-state index in [1.54, 1.807) is 39.5 Å². The second-order valence-electron chi connectivity index (χ2n) is 6.88. The number of carbonyl (C=O) groups is 1. The topological polar surface area (TPSA) is 58.4 Å². The first kappa shape index (κ1) is 20.9. The number of ketones is 1. The van der Waals surface area contributed by atoms with Gasteiger partial charge in [0.2, 0.25) is 0 Å². The number of benzene rings is 2. The molecule has 0 unspecified atom stereocenters. The molecular weight excluding hydrogens is 370 g/mol. The van der Waals surface area contributed by atoms with Crippen LogP contribution in [0.2, 0.25) is 0 Å². The Labute approximate surface area is 171 Å². The van der Waals surface area contributed by atoms with Crippen LogP contribution in [0.4, 0.5) is 0 Å². The molecule has 0 saturated carbocycles. The summed E-state index contributed by atoms with van der Waals surface area (Å²) in [6.07, 6.45) is 3.36. The molecule has 0 amide bonds. The summed E-state index contributed by atoms with van der Waals surface area (Å²) in [5.41, 5.74) is 2.54. The van der Waals surface area contributed by atoms with E-state index in [4.69, 9.17) is 18.9 Å². The third-order valence-corrected chi connectivity index (χ3v) is 5.04. The Kier molecular flexibility index (Phi) is 7.27. The largest absolute Gasteiger partial charge is 0.496 e. The summed E-state index contributed by atoms with van der Waals surface area (Å²) in [5, 5.41) is 0. The molecule has 0 radical (unpaired) electrons. The number of quaternary nitrogens is 1. The van der Waals surface area contributed by atoms with Gasteiger partial charge in [0.25, 0.3) is 0 Å². The maximum Gasteiger partial charge on any atom is 0.185 e. The van der Waals surface area contributed by atoms with E-state index in [-0.39, 0.29) is 5.78 Å². The molecule has 0 aromatic heterocycles. The summed E-state index contributed by atoms with van der Waals surface area (Å²) in [7, 11) is 4.84. The van der Waals surface area contributed by atoms with Gasteiger partial charge in [0.1, 0.15) is 25.4 Å². The van der Waals surface area contributed by atoms with Gasteiger partial charge in [0, 0.05) is 11.1 Å². The minimum absolute atomic E-state index is 0.0549. The number of hydrogen-bond donors (Lipinski definition) is 1. The van der Waals surface area contributed by atoms with E-state index in [0.29, 0.717) is 17.1 Å². The Balaban J connectivity index is 1.76. The molecule has 1 N–H and O–H groups in total. The monoisotopic (exact) mass is 398 g/mol. The van der Waals surface area contributed by atoms with Crippen LogP contribution in [0.5, 0.6) is 17.2 Å². The third kappa shape index (κ3) is 5.37. The van der Waals surface area contributed by atoms with Gasteiger partial charge in [-0.3, -0.25) is 4.79 Å². The molecule has 1 aliphatic heterocycles. The zero-order valence-corrected chi connectivity index (χ0v) is 17.2. The van der Waals surface area contributed by atoms with E-state index in [9.17, 15) is 4.79 Å². The van der Waals surface area contributed by atoms with Crippen LogP contribution < -0.4 is 19.1 Å². The lowest BCUT2D eigenvalue weighted by Crippen LogP contribution is -3.12. The lowest BCUT2D eigenvalue weighted by atomic mass is 10.0. The van der Waals surface area contributed by atoms with E-state index >= 15 is 0 Å². The third-order valence-electron chi connectivity index (χ3n) is 5.04. The van der Waals surface area contributed by atoms with Crippen molar-refractivity contribution < 1.29 is 28.6 Å². The molecule has 1 heterocycles.